The molecule has 0 spiro atoms. The lowest BCUT2D eigenvalue weighted by Crippen LogP contribution is -2.15. The Morgan fingerprint density at radius 2 is 1.29 bits per heavy atom. The molecule has 0 fully saturated rings. The molecular formula is C43H36O2. The Balaban J connectivity index is 0.00000175. The molecule has 7 rings (SSSR count). The van der Waals surface area contributed by atoms with Crippen LogP contribution in [0.2, 0.25) is 0 Å². The van der Waals surface area contributed by atoms with Gasteiger partial charge in [-0.1, -0.05) is 122 Å². The van der Waals surface area contributed by atoms with Crippen molar-refractivity contribution >= 4 is 38.4 Å². The zero-order valence-electron chi connectivity index (χ0n) is 26.5. The van der Waals surface area contributed by atoms with Gasteiger partial charge in [-0.25, -0.2) is 0 Å². The fraction of sp³-hybridized carbons (Fsp3) is 0.163. The maximum absolute atomic E-state index is 5.58. The molecule has 0 aliphatic heterocycles. The quantitative estimate of drug-likeness (QED) is 0.149. The van der Waals surface area contributed by atoms with E-state index in [-0.39, 0.29) is 6.10 Å². The molecule has 0 radical (unpaired) electrons. The van der Waals surface area contributed by atoms with Crippen LogP contribution in [0.15, 0.2) is 103 Å². The van der Waals surface area contributed by atoms with Gasteiger partial charge in [0.25, 0.3) is 0 Å². The van der Waals surface area contributed by atoms with Gasteiger partial charge in [-0.05, 0) is 80.7 Å². The van der Waals surface area contributed by atoms with E-state index in [0.717, 1.165) is 66.7 Å². The van der Waals surface area contributed by atoms with Crippen molar-refractivity contribution in [2.24, 2.45) is 0 Å². The second-order valence-corrected chi connectivity index (χ2v) is 11.0. The van der Waals surface area contributed by atoms with Crippen LogP contribution in [0.4, 0.5) is 0 Å². The van der Waals surface area contributed by atoms with Gasteiger partial charge in [0.15, 0.2) is 0 Å². The van der Waals surface area contributed by atoms with Crippen LogP contribution in [-0.2, 0) is 11.2 Å². The van der Waals surface area contributed by atoms with E-state index in [0.29, 0.717) is 0 Å². The Labute approximate surface area is 266 Å². The van der Waals surface area contributed by atoms with E-state index in [9.17, 15) is 0 Å². The smallest absolute Gasteiger partial charge is 0.119 e. The van der Waals surface area contributed by atoms with Crippen molar-refractivity contribution in [1.82, 2.24) is 0 Å². The molecule has 0 heterocycles. The predicted octanol–water partition coefficient (Wildman–Crippen LogP) is 9.87. The van der Waals surface area contributed by atoms with Gasteiger partial charge in [-0.2, -0.15) is 0 Å². The van der Waals surface area contributed by atoms with Gasteiger partial charge in [0.2, 0.25) is 0 Å². The van der Waals surface area contributed by atoms with Gasteiger partial charge in [0.1, 0.15) is 5.75 Å². The molecule has 220 valence electrons. The first-order valence-electron chi connectivity index (χ1n) is 15.5. The topological polar surface area (TPSA) is 18.5 Å². The van der Waals surface area contributed by atoms with E-state index in [2.05, 4.69) is 134 Å². The Morgan fingerprint density at radius 3 is 2.04 bits per heavy atom. The highest BCUT2D eigenvalue weighted by molar-refractivity contribution is 6.10. The molecule has 0 saturated carbocycles. The fourth-order valence-corrected chi connectivity index (χ4v) is 6.07. The molecule has 0 saturated heterocycles. The third kappa shape index (κ3) is 5.82. The van der Waals surface area contributed by atoms with Crippen LogP contribution in [0.1, 0.15) is 52.8 Å². The zero-order valence-corrected chi connectivity index (χ0v) is 26.5. The standard InChI is InChI=1S/C41H30O2.C2H6/c1-27-14-19-39-38(20-15-28-8-6-10-30-25-32(42-2)17-22-34(28)30)36-12-4-5-13-37(36)40(41(39)24-27)21-16-29-9-7-11-31-26-33(43-3)18-23-35(29)31;1-2/h4-14,17-19,22-25,33H,26H2,1-3H3;1-2H3. The highest BCUT2D eigenvalue weighted by Crippen LogP contribution is 2.34. The molecule has 2 heteroatoms. The predicted molar refractivity (Wildman–Crippen MR) is 190 cm³/mol. The number of hydrogen-bond donors (Lipinski definition) is 0. The fourth-order valence-electron chi connectivity index (χ4n) is 6.07. The number of methoxy groups -OCH3 is 2. The molecule has 1 unspecified atom stereocenters. The van der Waals surface area contributed by atoms with Crippen LogP contribution in [-0.4, -0.2) is 20.3 Å². The molecule has 1 aliphatic rings. The van der Waals surface area contributed by atoms with Crippen LogP contribution in [0, 0.1) is 30.6 Å². The normalized spacial score (nSPS) is 13.2. The lowest BCUT2D eigenvalue weighted by Gasteiger charge is -2.19. The third-order valence-corrected chi connectivity index (χ3v) is 8.31. The Hall–Kier alpha value is -5.28. The molecule has 0 amide bonds. The van der Waals surface area contributed by atoms with Crippen LogP contribution in [0.25, 0.3) is 38.4 Å². The summed E-state index contributed by atoms with van der Waals surface area (Å²) in [6.07, 6.45) is 5.25. The van der Waals surface area contributed by atoms with Crippen molar-refractivity contribution in [3.8, 4) is 29.4 Å². The summed E-state index contributed by atoms with van der Waals surface area (Å²) in [6, 6.07) is 33.8. The lowest BCUT2D eigenvalue weighted by atomic mass is 9.90. The molecule has 6 aromatic carbocycles. The van der Waals surface area contributed by atoms with Gasteiger partial charge in [0.05, 0.1) is 13.2 Å². The van der Waals surface area contributed by atoms with E-state index in [4.69, 9.17) is 9.47 Å². The zero-order chi connectivity index (χ0) is 31.3. The third-order valence-electron chi connectivity index (χ3n) is 8.31. The molecule has 1 atom stereocenters. The summed E-state index contributed by atoms with van der Waals surface area (Å²) < 4.78 is 11.0. The lowest BCUT2D eigenvalue weighted by molar-refractivity contribution is 0.141. The minimum atomic E-state index is 0.108. The highest BCUT2D eigenvalue weighted by Gasteiger charge is 2.16. The minimum Gasteiger partial charge on any atom is -0.497 e. The van der Waals surface area contributed by atoms with E-state index in [1.165, 1.54) is 16.7 Å². The highest BCUT2D eigenvalue weighted by atomic mass is 16.5. The first-order chi connectivity index (χ1) is 22.1. The van der Waals surface area contributed by atoms with E-state index in [1.807, 2.05) is 19.9 Å². The number of rotatable bonds is 2. The molecule has 0 bridgehead atoms. The first kappa shape index (κ1) is 29.8. The molecular weight excluding hydrogens is 548 g/mol. The van der Waals surface area contributed by atoms with Crippen molar-refractivity contribution in [3.05, 3.63) is 142 Å². The number of fused-ring (bicyclic) bond motifs is 4. The van der Waals surface area contributed by atoms with E-state index < -0.39 is 0 Å². The van der Waals surface area contributed by atoms with Gasteiger partial charge >= 0.3 is 0 Å². The minimum absolute atomic E-state index is 0.108. The van der Waals surface area contributed by atoms with Crippen molar-refractivity contribution in [2.45, 2.75) is 33.3 Å². The molecule has 45 heavy (non-hydrogen) atoms. The van der Waals surface area contributed by atoms with Crippen LogP contribution in [0.3, 0.4) is 0 Å². The summed E-state index contributed by atoms with van der Waals surface area (Å²) in [6.45, 7) is 6.13. The van der Waals surface area contributed by atoms with Gasteiger partial charge in [0, 0.05) is 35.8 Å². The second-order valence-electron chi connectivity index (χ2n) is 11.0. The number of benzene rings is 6. The maximum Gasteiger partial charge on any atom is 0.119 e. The first-order valence-corrected chi connectivity index (χ1v) is 15.5. The summed E-state index contributed by atoms with van der Waals surface area (Å²) in [5.74, 6) is 15.1. The van der Waals surface area contributed by atoms with E-state index >= 15 is 0 Å². The Bertz CT molecular complexity index is 2210. The molecule has 6 aromatic rings. The van der Waals surface area contributed by atoms with Crippen molar-refractivity contribution in [3.63, 3.8) is 0 Å². The molecule has 0 aromatic heterocycles. The summed E-state index contributed by atoms with van der Waals surface area (Å²) in [4.78, 5) is 0. The summed E-state index contributed by atoms with van der Waals surface area (Å²) in [7, 11) is 3.45. The average molecular weight is 585 g/mol. The molecule has 2 nitrogen and oxygen atoms in total. The molecule has 0 N–H and O–H groups in total. The number of ether oxygens (including phenoxy) is 2. The van der Waals surface area contributed by atoms with Gasteiger partial charge < -0.3 is 9.47 Å². The van der Waals surface area contributed by atoms with Crippen molar-refractivity contribution in [2.75, 3.05) is 14.2 Å². The van der Waals surface area contributed by atoms with Crippen LogP contribution < -0.4 is 4.74 Å². The Morgan fingerprint density at radius 1 is 0.622 bits per heavy atom. The molecule has 1 aliphatic carbocycles. The maximum atomic E-state index is 5.58. The van der Waals surface area contributed by atoms with Crippen molar-refractivity contribution < 1.29 is 9.47 Å². The summed E-state index contributed by atoms with van der Waals surface area (Å²) >= 11 is 0. The largest absolute Gasteiger partial charge is 0.497 e. The summed E-state index contributed by atoms with van der Waals surface area (Å²) in [5.41, 5.74) is 7.72. The number of hydrogen-bond acceptors (Lipinski definition) is 2. The van der Waals surface area contributed by atoms with Crippen LogP contribution in [0.5, 0.6) is 5.75 Å². The Kier molecular flexibility index (Phi) is 8.70. The van der Waals surface area contributed by atoms with E-state index in [1.54, 1.807) is 14.2 Å². The van der Waals surface area contributed by atoms with Crippen LogP contribution >= 0.6 is 0 Å². The second kappa shape index (κ2) is 13.2. The average Bonchev–Trinajstić information content (AvgIpc) is 3.10. The van der Waals surface area contributed by atoms with Crippen molar-refractivity contribution in [1.29, 1.82) is 0 Å². The van der Waals surface area contributed by atoms with Gasteiger partial charge in [-0.3, -0.25) is 0 Å². The summed E-state index contributed by atoms with van der Waals surface area (Å²) in [5, 5.41) is 6.67. The SMILES string of the molecule is CC.COc1ccc2c(C#Cc3c4ccccc4c(C#Cc4cccc5c4C=CC(OC)C5)c4cc(C)ccc34)cccc2c1. The number of aryl methyl sites for hydroxylation is 1. The monoisotopic (exact) mass is 584 g/mol. The van der Waals surface area contributed by atoms with Gasteiger partial charge in [-0.15, -0.1) is 0 Å².